The molecular formula is C15H19ClN2O2. The molecule has 0 radical (unpaired) electrons. The standard InChI is InChI=1S/C15H19ClN2O2/c1-3-15(19,12-7-5-4-6-8-12)14-13(16)11-17-18(14)9-10-20-2/h4-8,11,19H,3,9-10H2,1-2H3. The van der Waals surface area contributed by atoms with E-state index in [1.807, 2.05) is 37.3 Å². The van der Waals surface area contributed by atoms with E-state index in [-0.39, 0.29) is 0 Å². The summed E-state index contributed by atoms with van der Waals surface area (Å²) < 4.78 is 6.79. The van der Waals surface area contributed by atoms with E-state index in [2.05, 4.69) is 5.10 Å². The molecule has 2 aromatic rings. The Balaban J connectivity index is 2.48. The minimum Gasteiger partial charge on any atom is -0.383 e. The summed E-state index contributed by atoms with van der Waals surface area (Å²) in [5.41, 5.74) is 0.274. The topological polar surface area (TPSA) is 47.3 Å². The van der Waals surface area contributed by atoms with Crippen molar-refractivity contribution < 1.29 is 9.84 Å². The van der Waals surface area contributed by atoms with Crippen LogP contribution in [-0.2, 0) is 16.9 Å². The Kier molecular flexibility index (Phi) is 4.81. The Labute approximate surface area is 123 Å². The highest BCUT2D eigenvalue weighted by molar-refractivity contribution is 6.31. The predicted molar refractivity (Wildman–Crippen MR) is 78.8 cm³/mol. The SMILES string of the molecule is CCC(O)(c1ccccc1)c1c(Cl)cnn1CCOC. The lowest BCUT2D eigenvalue weighted by Gasteiger charge is -2.28. The lowest BCUT2D eigenvalue weighted by molar-refractivity contribution is 0.0643. The molecule has 20 heavy (non-hydrogen) atoms. The molecule has 0 bridgehead atoms. The van der Waals surface area contributed by atoms with Crippen LogP contribution in [0.1, 0.15) is 24.6 Å². The van der Waals surface area contributed by atoms with Crippen molar-refractivity contribution in [3.05, 3.63) is 52.8 Å². The van der Waals surface area contributed by atoms with Gasteiger partial charge in [0.2, 0.25) is 0 Å². The summed E-state index contributed by atoms with van der Waals surface area (Å²) in [5, 5.41) is 15.8. The number of benzene rings is 1. The summed E-state index contributed by atoms with van der Waals surface area (Å²) in [6.45, 7) is 2.99. The lowest BCUT2D eigenvalue weighted by atomic mass is 9.87. The van der Waals surface area contributed by atoms with E-state index in [9.17, 15) is 5.11 Å². The second kappa shape index (κ2) is 6.39. The van der Waals surface area contributed by atoms with Gasteiger partial charge in [-0.1, -0.05) is 48.9 Å². The molecule has 1 N–H and O–H groups in total. The minimum absolute atomic E-state index is 0.467. The number of nitrogens with zero attached hydrogens (tertiary/aromatic N) is 2. The molecule has 0 saturated heterocycles. The zero-order valence-corrected chi connectivity index (χ0v) is 12.5. The number of aliphatic hydroxyl groups is 1. The van der Waals surface area contributed by atoms with Gasteiger partial charge in [0.25, 0.3) is 0 Å². The van der Waals surface area contributed by atoms with Gasteiger partial charge in [-0.05, 0) is 12.0 Å². The highest BCUT2D eigenvalue weighted by atomic mass is 35.5. The molecule has 0 fully saturated rings. The number of methoxy groups -OCH3 is 1. The quantitative estimate of drug-likeness (QED) is 0.891. The summed E-state index contributed by atoms with van der Waals surface area (Å²) in [6, 6.07) is 9.52. The highest BCUT2D eigenvalue weighted by Gasteiger charge is 2.35. The van der Waals surface area contributed by atoms with Crippen LogP contribution in [0.15, 0.2) is 36.5 Å². The molecule has 5 heteroatoms. The number of halogens is 1. The third kappa shape index (κ3) is 2.73. The Morgan fingerprint density at radius 1 is 1.35 bits per heavy atom. The van der Waals surface area contributed by atoms with Gasteiger partial charge in [-0.15, -0.1) is 0 Å². The number of ether oxygens (including phenoxy) is 1. The summed E-state index contributed by atoms with van der Waals surface area (Å²) in [6.07, 6.45) is 2.07. The zero-order chi connectivity index (χ0) is 14.6. The molecular weight excluding hydrogens is 276 g/mol. The molecule has 1 heterocycles. The molecule has 1 aromatic heterocycles. The van der Waals surface area contributed by atoms with Gasteiger partial charge in [-0.2, -0.15) is 5.10 Å². The Bertz CT molecular complexity index is 556. The van der Waals surface area contributed by atoms with Crippen molar-refractivity contribution in [2.45, 2.75) is 25.5 Å². The van der Waals surface area contributed by atoms with Gasteiger partial charge in [0, 0.05) is 7.11 Å². The molecule has 0 aliphatic carbocycles. The van der Waals surface area contributed by atoms with Crippen LogP contribution < -0.4 is 0 Å². The van der Waals surface area contributed by atoms with Crippen LogP contribution >= 0.6 is 11.6 Å². The van der Waals surface area contributed by atoms with Crippen molar-refractivity contribution in [3.8, 4) is 0 Å². The molecule has 0 amide bonds. The first-order chi connectivity index (χ1) is 9.63. The van der Waals surface area contributed by atoms with Crippen LogP contribution in [0.4, 0.5) is 0 Å². The Morgan fingerprint density at radius 2 is 2.05 bits per heavy atom. The fourth-order valence-electron chi connectivity index (χ4n) is 2.34. The average molecular weight is 295 g/mol. The first kappa shape index (κ1) is 15.0. The maximum atomic E-state index is 11.1. The van der Waals surface area contributed by atoms with Crippen molar-refractivity contribution in [2.75, 3.05) is 13.7 Å². The number of hydrogen-bond acceptors (Lipinski definition) is 3. The maximum Gasteiger partial charge on any atom is 0.132 e. The van der Waals surface area contributed by atoms with E-state index >= 15 is 0 Å². The van der Waals surface area contributed by atoms with E-state index in [4.69, 9.17) is 16.3 Å². The van der Waals surface area contributed by atoms with Crippen LogP contribution in [0.25, 0.3) is 0 Å². The molecule has 0 aliphatic heterocycles. The third-order valence-electron chi connectivity index (χ3n) is 3.46. The van der Waals surface area contributed by atoms with Crippen molar-refractivity contribution in [1.29, 1.82) is 0 Å². The fraction of sp³-hybridized carbons (Fsp3) is 0.400. The van der Waals surface area contributed by atoms with Gasteiger partial charge in [-0.3, -0.25) is 4.68 Å². The smallest absolute Gasteiger partial charge is 0.132 e. The molecule has 1 atom stereocenters. The fourth-order valence-corrected chi connectivity index (χ4v) is 2.64. The van der Waals surface area contributed by atoms with Gasteiger partial charge in [-0.25, -0.2) is 0 Å². The Hall–Kier alpha value is -1.36. The van der Waals surface area contributed by atoms with E-state index in [1.54, 1.807) is 18.0 Å². The monoisotopic (exact) mass is 294 g/mol. The Morgan fingerprint density at radius 3 is 2.65 bits per heavy atom. The second-order valence-corrected chi connectivity index (χ2v) is 5.04. The van der Waals surface area contributed by atoms with Gasteiger partial charge in [0.1, 0.15) is 5.60 Å². The summed E-state index contributed by atoms with van der Waals surface area (Å²) in [7, 11) is 1.63. The highest BCUT2D eigenvalue weighted by Crippen LogP contribution is 2.36. The number of aromatic nitrogens is 2. The molecule has 0 aliphatic rings. The molecule has 0 saturated carbocycles. The van der Waals surface area contributed by atoms with E-state index in [0.29, 0.717) is 30.3 Å². The van der Waals surface area contributed by atoms with Crippen LogP contribution in [0.2, 0.25) is 5.02 Å². The number of rotatable bonds is 6. The molecule has 0 spiro atoms. The molecule has 1 aromatic carbocycles. The van der Waals surface area contributed by atoms with Crippen molar-refractivity contribution >= 4 is 11.6 Å². The summed E-state index contributed by atoms with van der Waals surface area (Å²) in [5.74, 6) is 0. The van der Waals surface area contributed by atoms with Gasteiger partial charge >= 0.3 is 0 Å². The van der Waals surface area contributed by atoms with Gasteiger partial charge < -0.3 is 9.84 Å². The summed E-state index contributed by atoms with van der Waals surface area (Å²) >= 11 is 6.25. The van der Waals surface area contributed by atoms with E-state index in [0.717, 1.165) is 5.56 Å². The maximum absolute atomic E-state index is 11.1. The summed E-state index contributed by atoms with van der Waals surface area (Å²) in [4.78, 5) is 0. The van der Waals surface area contributed by atoms with Crippen LogP contribution in [0.3, 0.4) is 0 Å². The second-order valence-electron chi connectivity index (χ2n) is 4.64. The van der Waals surface area contributed by atoms with Gasteiger partial charge in [0.15, 0.2) is 0 Å². The minimum atomic E-state index is -1.15. The van der Waals surface area contributed by atoms with Crippen molar-refractivity contribution in [1.82, 2.24) is 9.78 Å². The van der Waals surface area contributed by atoms with Gasteiger partial charge in [0.05, 0.1) is 30.1 Å². The average Bonchev–Trinajstić information content (AvgIpc) is 2.86. The first-order valence-corrected chi connectivity index (χ1v) is 7.00. The molecule has 4 nitrogen and oxygen atoms in total. The van der Waals surface area contributed by atoms with E-state index < -0.39 is 5.60 Å². The van der Waals surface area contributed by atoms with Crippen LogP contribution in [-0.4, -0.2) is 28.6 Å². The lowest BCUT2D eigenvalue weighted by Crippen LogP contribution is -2.30. The molecule has 2 rings (SSSR count). The van der Waals surface area contributed by atoms with Crippen LogP contribution in [0, 0.1) is 0 Å². The zero-order valence-electron chi connectivity index (χ0n) is 11.7. The van der Waals surface area contributed by atoms with Crippen molar-refractivity contribution in [3.63, 3.8) is 0 Å². The largest absolute Gasteiger partial charge is 0.383 e. The predicted octanol–water partition coefficient (Wildman–Crippen LogP) is 2.83. The third-order valence-corrected chi connectivity index (χ3v) is 3.73. The normalized spacial score (nSPS) is 14.2. The molecule has 108 valence electrons. The first-order valence-electron chi connectivity index (χ1n) is 6.62. The van der Waals surface area contributed by atoms with Crippen LogP contribution in [0.5, 0.6) is 0 Å². The number of hydrogen-bond donors (Lipinski definition) is 1. The van der Waals surface area contributed by atoms with E-state index in [1.165, 1.54) is 0 Å². The molecule has 1 unspecified atom stereocenters. The van der Waals surface area contributed by atoms with Crippen molar-refractivity contribution in [2.24, 2.45) is 0 Å².